The molecule has 0 spiro atoms. The number of fused-ring (bicyclic) bond motifs is 1. The molecule has 8 nitrogen and oxygen atoms in total. The van der Waals surface area contributed by atoms with E-state index in [0.717, 1.165) is 24.4 Å². The Morgan fingerprint density at radius 2 is 1.64 bits per heavy atom. The Hall–Kier alpha value is -3.49. The molecule has 0 aliphatic carbocycles. The van der Waals surface area contributed by atoms with Crippen LogP contribution in [0.25, 0.3) is 11.2 Å². The number of aromatic nitrogens is 5. The van der Waals surface area contributed by atoms with E-state index in [9.17, 15) is 26.3 Å². The van der Waals surface area contributed by atoms with E-state index in [-0.39, 0.29) is 11.3 Å². The van der Waals surface area contributed by atoms with Crippen molar-refractivity contribution in [2.75, 3.05) is 38.1 Å². The number of imidazole rings is 1. The number of alkyl halides is 6. The van der Waals surface area contributed by atoms with Gasteiger partial charge in [-0.25, -0.2) is 4.98 Å². The number of benzene rings is 1. The van der Waals surface area contributed by atoms with Crippen LogP contribution < -0.4 is 10.2 Å². The van der Waals surface area contributed by atoms with Gasteiger partial charge in [0, 0.05) is 45.0 Å². The lowest BCUT2D eigenvalue weighted by Gasteiger charge is -2.43. The third-order valence-corrected chi connectivity index (χ3v) is 7.43. The first-order chi connectivity index (χ1) is 19.9. The largest absolute Gasteiger partial charge is 0.417 e. The molecule has 1 N–H and O–H groups in total. The average Bonchev–Trinajstić information content (AvgIpc) is 3.34. The molecule has 0 saturated carbocycles. The highest BCUT2D eigenvalue weighted by Crippen LogP contribution is 2.36. The van der Waals surface area contributed by atoms with Crippen LogP contribution in [0.2, 0.25) is 5.28 Å². The molecule has 1 saturated heterocycles. The maximum atomic E-state index is 13.2. The lowest BCUT2D eigenvalue weighted by molar-refractivity contribution is -0.138. The van der Waals surface area contributed by atoms with Crippen LogP contribution in [0, 0.1) is 0 Å². The van der Waals surface area contributed by atoms with Crippen LogP contribution in [0.15, 0.2) is 48.9 Å². The minimum Gasteiger partial charge on any atom is -0.349 e. The quantitative estimate of drug-likeness (QED) is 0.220. The zero-order chi connectivity index (χ0) is 30.2. The highest BCUT2D eigenvalue weighted by molar-refractivity contribution is 6.28. The average molecular weight is 613 g/mol. The van der Waals surface area contributed by atoms with Crippen LogP contribution in [0.3, 0.4) is 0 Å². The summed E-state index contributed by atoms with van der Waals surface area (Å²) in [5, 5.41) is 3.14. The van der Waals surface area contributed by atoms with E-state index in [4.69, 9.17) is 11.6 Å². The molecule has 1 fully saturated rings. The molecule has 0 amide bonds. The number of nitrogens with zero attached hydrogens (tertiary/aromatic N) is 7. The molecule has 1 aromatic carbocycles. The van der Waals surface area contributed by atoms with Crippen molar-refractivity contribution in [2.24, 2.45) is 0 Å². The Morgan fingerprint density at radius 3 is 2.24 bits per heavy atom. The topological polar surface area (TPSA) is 75.0 Å². The predicted octanol–water partition coefficient (Wildman–Crippen LogP) is 5.43. The van der Waals surface area contributed by atoms with Crippen LogP contribution in [0.5, 0.6) is 0 Å². The van der Waals surface area contributed by atoms with Crippen LogP contribution >= 0.6 is 11.6 Å². The molecule has 42 heavy (non-hydrogen) atoms. The highest BCUT2D eigenvalue weighted by atomic mass is 35.5. The Bertz CT molecular complexity index is 1460. The van der Waals surface area contributed by atoms with Gasteiger partial charge in [0.15, 0.2) is 17.0 Å². The highest BCUT2D eigenvalue weighted by Gasteiger charge is 2.36. The first-order valence-electron chi connectivity index (χ1n) is 13.1. The molecule has 5 rings (SSSR count). The number of pyridine rings is 1. The third kappa shape index (κ3) is 6.15. The summed E-state index contributed by atoms with van der Waals surface area (Å²) in [5.41, 5.74) is 0.216. The summed E-state index contributed by atoms with van der Waals surface area (Å²) in [4.78, 5) is 21.5. The standard InChI is InChI=1S/C27H27ClF6N8/c1-16-14-40(11-12-42(16)24-21-23(38-25(28)39-24)41(15-37-21)10-9-35-2)22(17-3-5-18(6-4-17)26(29,30)31)20-8-7-19(13-36-20)27(32,33)34/h3-8,13,15-16,22,35H,9-12,14H2,1-2H3. The van der Waals surface area contributed by atoms with Crippen molar-refractivity contribution in [3.8, 4) is 0 Å². The van der Waals surface area contributed by atoms with E-state index < -0.39 is 29.5 Å². The smallest absolute Gasteiger partial charge is 0.349 e. The molecule has 4 aromatic rings. The summed E-state index contributed by atoms with van der Waals surface area (Å²) in [6.45, 7) is 4.51. The number of hydrogen-bond donors (Lipinski definition) is 1. The van der Waals surface area contributed by atoms with Gasteiger partial charge in [-0.05, 0) is 55.4 Å². The summed E-state index contributed by atoms with van der Waals surface area (Å²) in [6, 6.07) is 5.96. The Kier molecular flexibility index (Phi) is 8.32. The van der Waals surface area contributed by atoms with Crippen LogP contribution in [-0.2, 0) is 18.9 Å². The Labute approximate surface area is 242 Å². The summed E-state index contributed by atoms with van der Waals surface area (Å²) < 4.78 is 81.3. The van der Waals surface area contributed by atoms with Crippen LogP contribution in [-0.4, -0.2) is 68.7 Å². The van der Waals surface area contributed by atoms with Gasteiger partial charge >= 0.3 is 12.4 Å². The fourth-order valence-corrected chi connectivity index (χ4v) is 5.35. The Balaban J connectivity index is 1.46. The summed E-state index contributed by atoms with van der Waals surface area (Å²) in [5.74, 6) is 0.555. The maximum absolute atomic E-state index is 13.2. The monoisotopic (exact) mass is 612 g/mol. The normalized spacial score (nSPS) is 17.6. The summed E-state index contributed by atoms with van der Waals surface area (Å²) in [7, 11) is 1.84. The van der Waals surface area contributed by atoms with Crippen molar-refractivity contribution >= 4 is 28.6 Å². The maximum Gasteiger partial charge on any atom is 0.417 e. The summed E-state index contributed by atoms with van der Waals surface area (Å²) >= 11 is 6.30. The fourth-order valence-electron chi connectivity index (χ4n) is 5.19. The molecule has 2 unspecified atom stereocenters. The number of nitrogens with one attached hydrogen (secondary N) is 1. The number of hydrogen-bond acceptors (Lipinski definition) is 7. The molecular formula is C27H27ClF6N8. The van der Waals surface area contributed by atoms with E-state index in [1.165, 1.54) is 18.2 Å². The van der Waals surface area contributed by atoms with Crippen molar-refractivity contribution in [1.29, 1.82) is 0 Å². The molecule has 0 bridgehead atoms. The van der Waals surface area contributed by atoms with Crippen LogP contribution in [0.4, 0.5) is 32.2 Å². The van der Waals surface area contributed by atoms with Gasteiger partial charge in [-0.1, -0.05) is 12.1 Å². The lowest BCUT2D eigenvalue weighted by atomic mass is 9.97. The number of piperazine rings is 1. The van der Waals surface area contributed by atoms with Crippen molar-refractivity contribution in [3.63, 3.8) is 0 Å². The van der Waals surface area contributed by atoms with Gasteiger partial charge in [-0.3, -0.25) is 9.88 Å². The number of anilines is 1. The molecule has 0 radical (unpaired) electrons. The number of rotatable bonds is 7. The zero-order valence-corrected chi connectivity index (χ0v) is 23.3. The van der Waals surface area contributed by atoms with Gasteiger partial charge < -0.3 is 14.8 Å². The van der Waals surface area contributed by atoms with E-state index in [0.29, 0.717) is 61.0 Å². The first-order valence-corrected chi connectivity index (χ1v) is 13.5. The molecule has 15 heteroatoms. The second-order valence-electron chi connectivity index (χ2n) is 10.1. The molecule has 4 heterocycles. The van der Waals surface area contributed by atoms with Crippen molar-refractivity contribution in [2.45, 2.75) is 37.9 Å². The van der Waals surface area contributed by atoms with Crippen molar-refractivity contribution in [1.82, 2.24) is 34.7 Å². The van der Waals surface area contributed by atoms with Crippen LogP contribution in [0.1, 0.15) is 35.3 Å². The predicted molar refractivity (Wildman–Crippen MR) is 145 cm³/mol. The van der Waals surface area contributed by atoms with E-state index in [2.05, 4.69) is 25.3 Å². The van der Waals surface area contributed by atoms with Gasteiger partial charge in [-0.2, -0.15) is 36.3 Å². The summed E-state index contributed by atoms with van der Waals surface area (Å²) in [6.07, 6.45) is -6.67. The second kappa shape index (κ2) is 11.7. The SMILES string of the molecule is CNCCn1cnc2c(N3CCN(C(c4ccc(C(F)(F)F)cc4)c4ccc(C(F)(F)F)cn4)CC3C)nc(Cl)nc21. The molecule has 1 aliphatic rings. The minimum atomic E-state index is -4.57. The van der Waals surface area contributed by atoms with Gasteiger partial charge in [0.2, 0.25) is 5.28 Å². The van der Waals surface area contributed by atoms with E-state index >= 15 is 0 Å². The fraction of sp³-hybridized carbons (Fsp3) is 0.407. The molecule has 224 valence electrons. The van der Waals surface area contributed by atoms with Gasteiger partial charge in [0.1, 0.15) is 0 Å². The number of likely N-dealkylation sites (N-methyl/N-ethyl adjacent to an activating group) is 1. The molecular weight excluding hydrogens is 586 g/mol. The zero-order valence-electron chi connectivity index (χ0n) is 22.6. The third-order valence-electron chi connectivity index (χ3n) is 7.26. The first kappa shape index (κ1) is 30.0. The molecule has 1 aliphatic heterocycles. The molecule has 3 aromatic heterocycles. The van der Waals surface area contributed by atoms with Crippen molar-refractivity contribution in [3.05, 3.63) is 76.6 Å². The molecule has 2 atom stereocenters. The van der Waals surface area contributed by atoms with Gasteiger partial charge in [0.25, 0.3) is 0 Å². The minimum absolute atomic E-state index is 0.0647. The van der Waals surface area contributed by atoms with E-state index in [1.54, 1.807) is 6.33 Å². The van der Waals surface area contributed by atoms with Crippen molar-refractivity contribution < 1.29 is 26.3 Å². The Morgan fingerprint density at radius 1 is 0.952 bits per heavy atom. The van der Waals surface area contributed by atoms with Gasteiger partial charge in [-0.15, -0.1) is 0 Å². The second-order valence-corrected chi connectivity index (χ2v) is 10.4. The lowest BCUT2D eigenvalue weighted by Crippen LogP contribution is -2.53. The van der Waals surface area contributed by atoms with Gasteiger partial charge in [0.05, 0.1) is 29.2 Å². The number of halogens is 7. The van der Waals surface area contributed by atoms with E-state index in [1.807, 2.05) is 28.3 Å².